The lowest BCUT2D eigenvalue weighted by molar-refractivity contribution is 0.0964. The summed E-state index contributed by atoms with van der Waals surface area (Å²) in [7, 11) is 1.48. The van der Waals surface area contributed by atoms with Crippen molar-refractivity contribution in [3.63, 3.8) is 0 Å². The topological polar surface area (TPSA) is 67.2 Å². The normalized spacial score (nSPS) is 10.2. The molecule has 104 valence electrons. The third-order valence-electron chi connectivity index (χ3n) is 2.71. The van der Waals surface area contributed by atoms with Gasteiger partial charge in [0.2, 0.25) is 0 Å². The highest BCUT2D eigenvalue weighted by Crippen LogP contribution is 2.25. The molecule has 20 heavy (non-hydrogen) atoms. The van der Waals surface area contributed by atoms with Crippen LogP contribution in [0.5, 0.6) is 0 Å². The third kappa shape index (κ3) is 2.85. The van der Waals surface area contributed by atoms with Crippen molar-refractivity contribution in [1.29, 1.82) is 0 Å². The number of benzene rings is 2. The Morgan fingerprint density at radius 3 is 2.55 bits per heavy atom. The molecule has 4 nitrogen and oxygen atoms in total. The maximum absolute atomic E-state index is 13.6. The molecule has 2 rings (SSSR count). The maximum atomic E-state index is 13.6. The van der Waals surface area contributed by atoms with Crippen LogP contribution < -0.4 is 16.4 Å². The van der Waals surface area contributed by atoms with E-state index in [0.717, 1.165) is 18.2 Å². The molecule has 2 aromatic carbocycles. The van der Waals surface area contributed by atoms with Crippen molar-refractivity contribution in [3.8, 4) is 0 Å². The van der Waals surface area contributed by atoms with Gasteiger partial charge in [-0.25, -0.2) is 8.78 Å². The van der Waals surface area contributed by atoms with E-state index in [9.17, 15) is 13.6 Å². The monoisotopic (exact) mass is 277 g/mol. The Hall–Kier alpha value is -2.63. The number of rotatable bonds is 3. The van der Waals surface area contributed by atoms with Gasteiger partial charge in [-0.3, -0.25) is 4.79 Å². The predicted octanol–water partition coefficient (Wildman–Crippen LogP) is 2.65. The highest BCUT2D eigenvalue weighted by atomic mass is 19.1. The second-order valence-electron chi connectivity index (χ2n) is 4.13. The number of carbonyl (C=O) groups is 1. The van der Waals surface area contributed by atoms with Gasteiger partial charge in [0.25, 0.3) is 5.91 Å². The molecule has 0 unspecified atom stereocenters. The first-order valence-corrected chi connectivity index (χ1v) is 5.85. The standard InChI is InChI=1S/C14H13F2N3O/c1-18-14(20)10-4-3-9(17)7-12(10)19-13-6-8(15)2-5-11(13)16/h2-7,19H,17H2,1H3,(H,18,20). The van der Waals surface area contributed by atoms with E-state index in [1.807, 2.05) is 0 Å². The minimum atomic E-state index is -0.628. The highest BCUT2D eigenvalue weighted by molar-refractivity contribution is 6.00. The maximum Gasteiger partial charge on any atom is 0.253 e. The molecule has 0 fully saturated rings. The van der Waals surface area contributed by atoms with Gasteiger partial charge < -0.3 is 16.4 Å². The molecular formula is C14H13F2N3O. The van der Waals surface area contributed by atoms with Gasteiger partial charge >= 0.3 is 0 Å². The largest absolute Gasteiger partial charge is 0.399 e. The molecule has 0 aromatic heterocycles. The van der Waals surface area contributed by atoms with E-state index in [4.69, 9.17) is 5.73 Å². The van der Waals surface area contributed by atoms with Crippen LogP contribution in [0.2, 0.25) is 0 Å². The van der Waals surface area contributed by atoms with Gasteiger partial charge in [-0.1, -0.05) is 0 Å². The molecule has 0 saturated carbocycles. The van der Waals surface area contributed by atoms with Crippen molar-refractivity contribution in [2.24, 2.45) is 0 Å². The number of nitrogens with two attached hydrogens (primary N) is 1. The Bertz CT molecular complexity index is 659. The average molecular weight is 277 g/mol. The third-order valence-corrected chi connectivity index (χ3v) is 2.71. The summed E-state index contributed by atoms with van der Waals surface area (Å²) < 4.78 is 26.8. The highest BCUT2D eigenvalue weighted by Gasteiger charge is 2.12. The van der Waals surface area contributed by atoms with Crippen LogP contribution in [-0.2, 0) is 0 Å². The number of nitrogen functional groups attached to an aromatic ring is 1. The molecule has 0 aliphatic carbocycles. The fourth-order valence-electron chi connectivity index (χ4n) is 1.74. The number of nitrogens with one attached hydrogen (secondary N) is 2. The van der Waals surface area contributed by atoms with Crippen LogP contribution in [0, 0.1) is 11.6 Å². The number of carbonyl (C=O) groups excluding carboxylic acids is 1. The molecule has 6 heteroatoms. The van der Waals surface area contributed by atoms with Gasteiger partial charge in [0, 0.05) is 18.8 Å². The molecule has 0 atom stereocenters. The molecule has 0 heterocycles. The molecule has 1 amide bonds. The van der Waals surface area contributed by atoms with Crippen molar-refractivity contribution in [1.82, 2.24) is 5.32 Å². The van der Waals surface area contributed by atoms with Crippen LogP contribution in [0.3, 0.4) is 0 Å². The molecule has 0 aliphatic heterocycles. The zero-order valence-electron chi connectivity index (χ0n) is 10.7. The van der Waals surface area contributed by atoms with Gasteiger partial charge in [-0.05, 0) is 30.3 Å². The Balaban J connectivity index is 2.44. The first-order chi connectivity index (χ1) is 9.51. The summed E-state index contributed by atoms with van der Waals surface area (Å²) in [6.45, 7) is 0. The van der Waals surface area contributed by atoms with Crippen molar-refractivity contribution < 1.29 is 13.6 Å². The van der Waals surface area contributed by atoms with Crippen molar-refractivity contribution >= 4 is 23.0 Å². The summed E-state index contributed by atoms with van der Waals surface area (Å²) in [5, 5.41) is 5.15. The second kappa shape index (κ2) is 5.56. The first-order valence-electron chi connectivity index (χ1n) is 5.85. The molecule has 2 aromatic rings. The Morgan fingerprint density at radius 2 is 1.85 bits per heavy atom. The predicted molar refractivity (Wildman–Crippen MR) is 73.9 cm³/mol. The lowest BCUT2D eigenvalue weighted by Gasteiger charge is -2.12. The summed E-state index contributed by atoms with van der Waals surface area (Å²) in [6.07, 6.45) is 0. The van der Waals surface area contributed by atoms with Crippen LogP contribution in [-0.4, -0.2) is 13.0 Å². The Morgan fingerprint density at radius 1 is 1.10 bits per heavy atom. The van der Waals surface area contributed by atoms with Gasteiger partial charge in [0.1, 0.15) is 11.6 Å². The average Bonchev–Trinajstić information content (AvgIpc) is 2.42. The molecule has 0 saturated heterocycles. The minimum absolute atomic E-state index is 0.0687. The van der Waals surface area contributed by atoms with Crippen LogP contribution in [0.25, 0.3) is 0 Å². The van der Waals surface area contributed by atoms with Crippen molar-refractivity contribution in [2.45, 2.75) is 0 Å². The van der Waals surface area contributed by atoms with Crippen LogP contribution in [0.15, 0.2) is 36.4 Å². The lowest BCUT2D eigenvalue weighted by Crippen LogP contribution is -2.19. The molecular weight excluding hydrogens is 264 g/mol. The van der Waals surface area contributed by atoms with Crippen LogP contribution >= 0.6 is 0 Å². The summed E-state index contributed by atoms with van der Waals surface area (Å²) in [5.41, 5.74) is 6.56. The van der Waals surface area contributed by atoms with Gasteiger partial charge in [-0.15, -0.1) is 0 Å². The number of halogens is 2. The van der Waals surface area contributed by atoms with E-state index < -0.39 is 11.6 Å². The first kappa shape index (κ1) is 13.8. The Kier molecular flexibility index (Phi) is 3.84. The quantitative estimate of drug-likeness (QED) is 0.755. The minimum Gasteiger partial charge on any atom is -0.399 e. The summed E-state index contributed by atoms with van der Waals surface area (Å²) in [4.78, 5) is 11.7. The van der Waals surface area contributed by atoms with E-state index >= 15 is 0 Å². The summed E-state index contributed by atoms with van der Waals surface area (Å²) >= 11 is 0. The molecule has 0 aliphatic rings. The molecule has 0 bridgehead atoms. The van der Waals surface area contributed by atoms with E-state index in [0.29, 0.717) is 11.4 Å². The van der Waals surface area contributed by atoms with Crippen LogP contribution in [0.1, 0.15) is 10.4 Å². The van der Waals surface area contributed by atoms with Gasteiger partial charge in [0.05, 0.1) is 16.9 Å². The van der Waals surface area contributed by atoms with Crippen LogP contribution in [0.4, 0.5) is 25.8 Å². The number of amides is 1. The van der Waals surface area contributed by atoms with E-state index in [-0.39, 0.29) is 17.2 Å². The van der Waals surface area contributed by atoms with Crippen molar-refractivity contribution in [3.05, 3.63) is 53.6 Å². The number of hydrogen-bond acceptors (Lipinski definition) is 3. The van der Waals surface area contributed by atoms with E-state index in [1.165, 1.54) is 19.2 Å². The zero-order valence-corrected chi connectivity index (χ0v) is 10.7. The fraction of sp³-hybridized carbons (Fsp3) is 0.0714. The smallest absolute Gasteiger partial charge is 0.253 e. The number of hydrogen-bond donors (Lipinski definition) is 3. The van der Waals surface area contributed by atoms with Gasteiger partial charge in [0.15, 0.2) is 0 Å². The molecule has 4 N–H and O–H groups in total. The summed E-state index contributed by atoms with van der Waals surface area (Å²) in [6, 6.07) is 7.57. The molecule has 0 radical (unpaired) electrons. The Labute approximate surface area is 114 Å². The second-order valence-corrected chi connectivity index (χ2v) is 4.13. The summed E-state index contributed by atoms with van der Waals surface area (Å²) in [5.74, 6) is -1.57. The fourth-order valence-corrected chi connectivity index (χ4v) is 1.74. The van der Waals surface area contributed by atoms with Crippen molar-refractivity contribution in [2.75, 3.05) is 18.1 Å². The molecule has 0 spiro atoms. The van der Waals surface area contributed by atoms with E-state index in [2.05, 4.69) is 10.6 Å². The lowest BCUT2D eigenvalue weighted by atomic mass is 10.1. The van der Waals surface area contributed by atoms with E-state index in [1.54, 1.807) is 6.07 Å². The van der Waals surface area contributed by atoms with Gasteiger partial charge in [-0.2, -0.15) is 0 Å². The number of anilines is 3. The SMILES string of the molecule is CNC(=O)c1ccc(N)cc1Nc1cc(F)ccc1F. The zero-order chi connectivity index (χ0) is 14.7.